The fourth-order valence-corrected chi connectivity index (χ4v) is 1.44. The van der Waals surface area contributed by atoms with Gasteiger partial charge in [0.15, 0.2) is 0 Å². The van der Waals surface area contributed by atoms with Crippen molar-refractivity contribution in [2.45, 2.75) is 26.2 Å². The molecule has 0 unspecified atom stereocenters. The molecule has 0 rings (SSSR count). The first-order chi connectivity index (χ1) is 8.76. The van der Waals surface area contributed by atoms with E-state index in [9.17, 15) is 0 Å². The molecular weight excluding hydrogens is 318 g/mol. The molecule has 0 aromatic carbocycles. The Morgan fingerprint density at radius 3 is 1.83 bits per heavy atom. The normalized spacial score (nSPS) is 10.0. The maximum absolute atomic E-state index is 8.48. The van der Waals surface area contributed by atoms with E-state index in [1.165, 1.54) is 19.3 Å². The Kier molecular flexibility index (Phi) is 22.0. The second-order valence-electron chi connectivity index (χ2n) is 3.83. The van der Waals surface area contributed by atoms with Gasteiger partial charge < -0.3 is 22.1 Å². The molecule has 111 valence electrons. The molecule has 7 heteroatoms. The molecule has 0 saturated carbocycles. The monoisotopic (exact) mass is 341 g/mol. The molecule has 2 N–H and O–H groups in total. The third-order valence-corrected chi connectivity index (χ3v) is 2.28. The summed E-state index contributed by atoms with van der Waals surface area (Å²) in [4.78, 5) is 0. The van der Waals surface area contributed by atoms with E-state index in [2.05, 4.69) is 17.6 Å². The second-order valence-corrected chi connectivity index (χ2v) is 4.14. The predicted octanol–water partition coefficient (Wildman–Crippen LogP) is 3.40. The van der Waals surface area contributed by atoms with Crippen molar-refractivity contribution in [1.82, 2.24) is 0 Å². The Labute approximate surface area is 118 Å². The van der Waals surface area contributed by atoms with E-state index in [4.69, 9.17) is 18.5 Å². The summed E-state index contributed by atoms with van der Waals surface area (Å²) in [5, 5.41) is 8.65. The zero-order valence-electron chi connectivity index (χ0n) is 11.0. The number of hydrogen-bond acceptors (Lipinski definition) is 2. The first kappa shape index (κ1) is 20.4. The Morgan fingerprint density at radius 2 is 1.50 bits per heavy atom. The van der Waals surface area contributed by atoms with Crippen LogP contribution in [-0.2, 0) is 24.6 Å². The number of nitrogens with zero attached hydrogens (tertiary/aromatic N) is 2. The van der Waals surface area contributed by atoms with Gasteiger partial charge in [-0.1, -0.05) is 32.1 Å². The summed E-state index contributed by atoms with van der Waals surface area (Å²) in [6.45, 7) is 5.98. The zero-order valence-corrected chi connectivity index (χ0v) is 12.9. The van der Waals surface area contributed by atoms with Crippen LogP contribution in [0.1, 0.15) is 26.2 Å². The van der Waals surface area contributed by atoms with E-state index in [1.54, 1.807) is 0 Å². The third kappa shape index (κ3) is 18.5. The van der Waals surface area contributed by atoms with Gasteiger partial charge in [0.25, 0.3) is 0 Å². The van der Waals surface area contributed by atoms with Gasteiger partial charge in [-0.3, -0.25) is 0 Å². The van der Waals surface area contributed by atoms with Gasteiger partial charge in [0, 0.05) is 0 Å². The molecule has 6 nitrogen and oxygen atoms in total. The van der Waals surface area contributed by atoms with E-state index < -0.39 is 17.6 Å². The van der Waals surface area contributed by atoms with Crippen LogP contribution in [0, 0.1) is 5.92 Å². The van der Waals surface area contributed by atoms with Crippen LogP contribution in [0.15, 0.2) is 0 Å². The summed E-state index contributed by atoms with van der Waals surface area (Å²) >= 11 is -1.91. The minimum atomic E-state index is -1.91. The molecule has 0 aliphatic rings. The second kappa shape index (κ2) is 19.4. The molecule has 0 saturated heterocycles. The van der Waals surface area contributed by atoms with E-state index in [0.717, 1.165) is 13.1 Å². The van der Waals surface area contributed by atoms with Gasteiger partial charge in [0.05, 0.1) is 0 Å². The summed E-state index contributed by atoms with van der Waals surface area (Å²) in [5.74, 6) is 0.544. The van der Waals surface area contributed by atoms with Crippen molar-refractivity contribution < 1.29 is 24.6 Å². The van der Waals surface area contributed by atoms with E-state index in [1.807, 2.05) is 0 Å². The van der Waals surface area contributed by atoms with Gasteiger partial charge >= 0.3 is 24.6 Å². The van der Waals surface area contributed by atoms with Gasteiger partial charge in [-0.2, -0.15) is 26.2 Å². The molecule has 0 aromatic heterocycles. The molecule has 0 fully saturated rings. The van der Waals surface area contributed by atoms with E-state index in [0.29, 0.717) is 32.1 Å². The molecule has 0 radical (unpaired) electrons. The van der Waals surface area contributed by atoms with Crippen molar-refractivity contribution in [2.75, 3.05) is 39.3 Å². The summed E-state index contributed by atoms with van der Waals surface area (Å²) in [6, 6.07) is 0. The van der Waals surface area contributed by atoms with E-state index >= 15 is 0 Å². The van der Waals surface area contributed by atoms with Gasteiger partial charge in [-0.25, -0.2) is 0 Å². The van der Waals surface area contributed by atoms with Crippen LogP contribution in [0.3, 0.4) is 0 Å². The Balaban J connectivity index is 0. The van der Waals surface area contributed by atoms with Crippen LogP contribution < -0.4 is 0 Å². The Morgan fingerprint density at radius 1 is 1.06 bits per heavy atom. The summed E-state index contributed by atoms with van der Waals surface area (Å²) in [7, 11) is 0. The number of hydrogen-bond donors (Lipinski definition) is 0. The SMILES string of the molecule is CCCCC(C[N-]CC[NH-])C[N-]CC[NH-].[O]=[Tc]=[O]. The topological polar surface area (TPSA) is 110 Å². The van der Waals surface area contributed by atoms with Crippen molar-refractivity contribution in [3.8, 4) is 0 Å². The Bertz CT molecular complexity index is 180. The fraction of sp³-hybridized carbons (Fsp3) is 1.00. The van der Waals surface area contributed by atoms with Crippen molar-refractivity contribution in [3.63, 3.8) is 0 Å². The fourth-order valence-electron chi connectivity index (χ4n) is 1.44. The molecule has 0 aliphatic heterocycles. The van der Waals surface area contributed by atoms with Crippen molar-refractivity contribution in [1.29, 1.82) is 0 Å². The molecule has 0 spiro atoms. The molecule has 0 atom stereocenters. The van der Waals surface area contributed by atoms with Crippen LogP contribution in [0.4, 0.5) is 0 Å². The van der Waals surface area contributed by atoms with Crippen LogP contribution in [0.5, 0.6) is 0 Å². The molecule has 0 aliphatic carbocycles. The quantitative estimate of drug-likeness (QED) is 0.536. The minimum absolute atomic E-state index is 0.393. The standard InChI is InChI=1S/C11H24N4.2O.Tc/c1-2-3-4-11(9-14-7-5-12)10-15-8-6-13;;;/h11-13H,2-10H2,1H3;;;/q-4;;;. The van der Waals surface area contributed by atoms with Gasteiger partial charge in [0.2, 0.25) is 0 Å². The number of nitrogens with one attached hydrogen (secondary N) is 2. The third-order valence-electron chi connectivity index (χ3n) is 2.28. The summed E-state index contributed by atoms with van der Waals surface area (Å²) in [5.41, 5.74) is 14.0. The van der Waals surface area contributed by atoms with Gasteiger partial charge in [0.1, 0.15) is 0 Å². The van der Waals surface area contributed by atoms with E-state index in [-0.39, 0.29) is 0 Å². The van der Waals surface area contributed by atoms with Crippen molar-refractivity contribution in [3.05, 3.63) is 22.1 Å². The van der Waals surface area contributed by atoms with Crippen LogP contribution in [-0.4, -0.2) is 39.3 Å². The average Bonchev–Trinajstić information content (AvgIpc) is 2.36. The first-order valence-corrected chi connectivity index (χ1v) is 7.73. The molecule has 0 bridgehead atoms. The first-order valence-electron chi connectivity index (χ1n) is 6.21. The van der Waals surface area contributed by atoms with Crippen LogP contribution >= 0.6 is 0 Å². The molecule has 0 heterocycles. The predicted molar refractivity (Wildman–Crippen MR) is 69.0 cm³/mol. The average molecular weight is 342 g/mol. The van der Waals surface area contributed by atoms with Gasteiger partial charge in [-0.05, 0) is 0 Å². The van der Waals surface area contributed by atoms with Crippen molar-refractivity contribution in [2.24, 2.45) is 5.92 Å². The summed E-state index contributed by atoms with van der Waals surface area (Å²) < 4.78 is 17.0. The van der Waals surface area contributed by atoms with Crippen LogP contribution in [0.25, 0.3) is 22.1 Å². The molecule has 0 aromatic rings. The zero-order chi connectivity index (χ0) is 14.1. The number of unbranched alkanes of at least 4 members (excludes halogenated alkanes) is 1. The summed E-state index contributed by atoms with van der Waals surface area (Å²) in [6.07, 6.45) is 3.63. The maximum atomic E-state index is 8.48. The van der Waals surface area contributed by atoms with Crippen LogP contribution in [0.2, 0.25) is 0 Å². The molecule has 18 heavy (non-hydrogen) atoms. The number of rotatable bonds is 11. The molecular formula is C11H24N4O2Tc-4. The van der Waals surface area contributed by atoms with Gasteiger partial charge in [-0.15, -0.1) is 13.1 Å². The van der Waals surface area contributed by atoms with Crippen molar-refractivity contribution >= 4 is 0 Å². The Hall–Kier alpha value is 0.0894. The molecule has 0 amide bonds.